The van der Waals surface area contributed by atoms with Gasteiger partial charge < -0.3 is 9.47 Å². The number of aromatic nitrogens is 2. The first-order valence-corrected chi connectivity index (χ1v) is 9.35. The molecule has 1 heterocycles. The quantitative estimate of drug-likeness (QED) is 0.684. The molecule has 8 heteroatoms. The first-order valence-electron chi connectivity index (χ1n) is 7.86. The zero-order valence-corrected chi connectivity index (χ0v) is 14.8. The molecule has 7 nitrogen and oxygen atoms in total. The fourth-order valence-corrected chi connectivity index (χ4v) is 3.23. The molecule has 0 saturated heterocycles. The molecule has 134 valence electrons. The second-order valence-electron chi connectivity index (χ2n) is 5.18. The van der Waals surface area contributed by atoms with Crippen molar-refractivity contribution in [2.24, 2.45) is 0 Å². The number of rotatable bonds is 7. The van der Waals surface area contributed by atoms with Crippen LogP contribution in [0.1, 0.15) is 6.92 Å². The number of nitrogens with one attached hydrogen (secondary N) is 1. The first-order chi connectivity index (χ1) is 12.6. The van der Waals surface area contributed by atoms with E-state index in [1.165, 1.54) is 30.7 Å². The van der Waals surface area contributed by atoms with Gasteiger partial charge in [-0.1, -0.05) is 6.07 Å². The summed E-state index contributed by atoms with van der Waals surface area (Å²) in [5.41, 5.74) is 0.375. The summed E-state index contributed by atoms with van der Waals surface area (Å²) in [5, 5.41) is 0. The molecule has 2 aromatic carbocycles. The Labute approximate surface area is 151 Å². The fraction of sp³-hybridized carbons (Fsp3) is 0.111. The highest BCUT2D eigenvalue weighted by molar-refractivity contribution is 7.92. The Morgan fingerprint density at radius 2 is 1.85 bits per heavy atom. The third kappa shape index (κ3) is 4.48. The summed E-state index contributed by atoms with van der Waals surface area (Å²) in [7, 11) is -3.72. The summed E-state index contributed by atoms with van der Waals surface area (Å²) in [6.45, 7) is 2.38. The minimum atomic E-state index is -3.72. The van der Waals surface area contributed by atoms with Gasteiger partial charge in [-0.05, 0) is 43.3 Å². The third-order valence-electron chi connectivity index (χ3n) is 3.29. The van der Waals surface area contributed by atoms with Crippen LogP contribution in [-0.4, -0.2) is 25.0 Å². The van der Waals surface area contributed by atoms with Gasteiger partial charge in [-0.2, -0.15) is 0 Å². The predicted molar refractivity (Wildman–Crippen MR) is 97.0 cm³/mol. The van der Waals surface area contributed by atoms with Gasteiger partial charge in [0.2, 0.25) is 5.88 Å². The molecule has 0 amide bonds. The van der Waals surface area contributed by atoms with Crippen LogP contribution in [-0.2, 0) is 10.0 Å². The van der Waals surface area contributed by atoms with Crippen molar-refractivity contribution >= 4 is 15.7 Å². The normalized spacial score (nSPS) is 11.0. The van der Waals surface area contributed by atoms with Gasteiger partial charge in [-0.3, -0.25) is 9.71 Å². The van der Waals surface area contributed by atoms with Gasteiger partial charge in [0.05, 0.1) is 23.4 Å². The van der Waals surface area contributed by atoms with Crippen molar-refractivity contribution in [2.45, 2.75) is 11.8 Å². The fourth-order valence-electron chi connectivity index (χ4n) is 2.18. The monoisotopic (exact) mass is 371 g/mol. The zero-order valence-electron chi connectivity index (χ0n) is 14.0. The Hall–Kier alpha value is -3.13. The van der Waals surface area contributed by atoms with E-state index in [0.717, 1.165) is 0 Å². The van der Waals surface area contributed by atoms with Crippen molar-refractivity contribution in [2.75, 3.05) is 11.3 Å². The van der Waals surface area contributed by atoms with Gasteiger partial charge in [0.15, 0.2) is 0 Å². The molecule has 0 radical (unpaired) electrons. The van der Waals surface area contributed by atoms with E-state index in [-0.39, 0.29) is 4.90 Å². The number of ether oxygens (including phenoxy) is 2. The van der Waals surface area contributed by atoms with Crippen LogP contribution in [0.15, 0.2) is 72.0 Å². The maximum absolute atomic E-state index is 12.5. The number of benzene rings is 2. The number of hydrogen-bond acceptors (Lipinski definition) is 6. The summed E-state index contributed by atoms with van der Waals surface area (Å²) in [6.07, 6.45) is 4.51. The Morgan fingerprint density at radius 3 is 2.54 bits per heavy atom. The summed E-state index contributed by atoms with van der Waals surface area (Å²) in [4.78, 5) is 8.07. The van der Waals surface area contributed by atoms with Crippen molar-refractivity contribution in [3.8, 4) is 17.4 Å². The Kier molecular flexibility index (Phi) is 5.33. The molecule has 0 bridgehead atoms. The van der Waals surface area contributed by atoms with E-state index in [9.17, 15) is 8.42 Å². The molecule has 26 heavy (non-hydrogen) atoms. The molecule has 3 rings (SSSR count). The van der Waals surface area contributed by atoms with Gasteiger partial charge in [0, 0.05) is 18.5 Å². The summed E-state index contributed by atoms with van der Waals surface area (Å²) in [5.74, 6) is 1.38. The topological polar surface area (TPSA) is 90.4 Å². The lowest BCUT2D eigenvalue weighted by atomic mass is 10.3. The Balaban J connectivity index is 1.76. The van der Waals surface area contributed by atoms with Crippen molar-refractivity contribution in [1.82, 2.24) is 9.97 Å². The van der Waals surface area contributed by atoms with E-state index >= 15 is 0 Å². The molecule has 1 aromatic heterocycles. The molecule has 3 aromatic rings. The molecule has 0 spiro atoms. The summed E-state index contributed by atoms with van der Waals surface area (Å²) < 4.78 is 38.5. The van der Waals surface area contributed by atoms with Crippen LogP contribution in [0.3, 0.4) is 0 Å². The number of sulfonamides is 1. The van der Waals surface area contributed by atoms with Crippen LogP contribution >= 0.6 is 0 Å². The van der Waals surface area contributed by atoms with Gasteiger partial charge in [-0.25, -0.2) is 13.4 Å². The lowest BCUT2D eigenvalue weighted by Crippen LogP contribution is -2.12. The number of hydrogen-bond donors (Lipinski definition) is 1. The van der Waals surface area contributed by atoms with E-state index in [4.69, 9.17) is 9.47 Å². The maximum Gasteiger partial charge on any atom is 0.261 e. The average Bonchev–Trinajstić information content (AvgIpc) is 2.63. The van der Waals surface area contributed by atoms with Crippen LogP contribution in [0.5, 0.6) is 17.4 Å². The molecule has 0 atom stereocenters. The second kappa shape index (κ2) is 7.83. The van der Waals surface area contributed by atoms with E-state index < -0.39 is 10.0 Å². The Bertz CT molecular complexity index is 961. The smallest absolute Gasteiger partial charge is 0.261 e. The standard InChI is InChI=1S/C18H17N3O4S/c1-2-24-15-6-8-17(9-7-15)26(22,23)21-14-4-3-5-16(12-14)25-18-13-19-10-11-20-18/h3-13,21H,2H2,1H3. The second-order valence-corrected chi connectivity index (χ2v) is 6.87. The highest BCUT2D eigenvalue weighted by atomic mass is 32.2. The largest absolute Gasteiger partial charge is 0.494 e. The van der Waals surface area contributed by atoms with Crippen LogP contribution < -0.4 is 14.2 Å². The van der Waals surface area contributed by atoms with Gasteiger partial charge in [-0.15, -0.1) is 0 Å². The predicted octanol–water partition coefficient (Wildman–Crippen LogP) is 3.47. The van der Waals surface area contributed by atoms with Gasteiger partial charge in [0.1, 0.15) is 11.5 Å². The van der Waals surface area contributed by atoms with E-state index in [0.29, 0.717) is 29.7 Å². The highest BCUT2D eigenvalue weighted by Gasteiger charge is 2.14. The molecule has 0 fully saturated rings. The molecule has 1 N–H and O–H groups in total. The zero-order chi connectivity index (χ0) is 18.4. The number of nitrogens with zero attached hydrogens (tertiary/aromatic N) is 2. The molecule has 0 aliphatic rings. The third-order valence-corrected chi connectivity index (χ3v) is 4.69. The van der Waals surface area contributed by atoms with Crippen molar-refractivity contribution < 1.29 is 17.9 Å². The van der Waals surface area contributed by atoms with Crippen LogP contribution in [0.25, 0.3) is 0 Å². The molecule has 0 aliphatic carbocycles. The summed E-state index contributed by atoms with van der Waals surface area (Å²) in [6, 6.07) is 12.8. The number of anilines is 1. The van der Waals surface area contributed by atoms with Crippen molar-refractivity contribution in [1.29, 1.82) is 0 Å². The minimum Gasteiger partial charge on any atom is -0.494 e. The molecular weight excluding hydrogens is 354 g/mol. The van der Waals surface area contributed by atoms with Gasteiger partial charge >= 0.3 is 0 Å². The van der Waals surface area contributed by atoms with Crippen molar-refractivity contribution in [3.63, 3.8) is 0 Å². The Morgan fingerprint density at radius 1 is 1.04 bits per heavy atom. The van der Waals surface area contributed by atoms with Crippen molar-refractivity contribution in [3.05, 3.63) is 67.1 Å². The molecule has 0 aliphatic heterocycles. The highest BCUT2D eigenvalue weighted by Crippen LogP contribution is 2.24. The summed E-state index contributed by atoms with van der Waals surface area (Å²) >= 11 is 0. The van der Waals surface area contributed by atoms with E-state index in [1.54, 1.807) is 36.4 Å². The lowest BCUT2D eigenvalue weighted by molar-refractivity contribution is 0.340. The minimum absolute atomic E-state index is 0.140. The first kappa shape index (κ1) is 17.7. The maximum atomic E-state index is 12.5. The molecule has 0 unspecified atom stereocenters. The van der Waals surface area contributed by atoms with Crippen LogP contribution in [0.4, 0.5) is 5.69 Å². The molecule has 0 saturated carbocycles. The van der Waals surface area contributed by atoms with Crippen LogP contribution in [0, 0.1) is 0 Å². The SMILES string of the molecule is CCOc1ccc(S(=O)(=O)Nc2cccc(Oc3cnccn3)c2)cc1. The van der Waals surface area contributed by atoms with E-state index in [2.05, 4.69) is 14.7 Å². The molecular formula is C18H17N3O4S. The van der Waals surface area contributed by atoms with E-state index in [1.807, 2.05) is 6.92 Å². The average molecular weight is 371 g/mol. The lowest BCUT2D eigenvalue weighted by Gasteiger charge is -2.10. The van der Waals surface area contributed by atoms with Crippen LogP contribution in [0.2, 0.25) is 0 Å². The van der Waals surface area contributed by atoms with Gasteiger partial charge in [0.25, 0.3) is 10.0 Å².